The van der Waals surface area contributed by atoms with Gasteiger partial charge in [-0.2, -0.15) is 0 Å². The van der Waals surface area contributed by atoms with Crippen LogP contribution >= 0.6 is 0 Å². The molecule has 3 nitrogen and oxygen atoms in total. The van der Waals surface area contributed by atoms with Crippen molar-refractivity contribution in [3.05, 3.63) is 30.1 Å². The third kappa shape index (κ3) is 3.04. The molecule has 2 unspecified atom stereocenters. The molecule has 1 aromatic heterocycles. The molecule has 3 heteroatoms. The first-order chi connectivity index (χ1) is 9.39. The fraction of sp³-hybridized carbons (Fsp3) is 0.706. The van der Waals surface area contributed by atoms with Crippen LogP contribution in [-0.2, 0) is 6.42 Å². The van der Waals surface area contributed by atoms with E-state index in [-0.39, 0.29) is 5.54 Å². The first-order valence-corrected chi connectivity index (χ1v) is 7.70. The minimum absolute atomic E-state index is 0.163. The summed E-state index contributed by atoms with van der Waals surface area (Å²) in [6.45, 7) is 8.92. The van der Waals surface area contributed by atoms with Gasteiger partial charge in [0, 0.05) is 31.0 Å². The van der Waals surface area contributed by atoms with Crippen molar-refractivity contribution < 1.29 is 0 Å². The van der Waals surface area contributed by atoms with E-state index in [1.807, 2.05) is 12.4 Å². The van der Waals surface area contributed by atoms with E-state index in [9.17, 15) is 0 Å². The van der Waals surface area contributed by atoms with Gasteiger partial charge in [-0.3, -0.25) is 9.88 Å². The molecule has 1 aliphatic rings. The highest BCUT2D eigenvalue weighted by Gasteiger charge is 2.49. The lowest BCUT2D eigenvalue weighted by atomic mass is 9.84. The minimum Gasteiger partial charge on any atom is -0.329 e. The SMILES string of the molecule is CC1CC(C)(C)CC1(CN)N(C)CCc1ccncc1. The van der Waals surface area contributed by atoms with Crippen LogP contribution in [0.4, 0.5) is 0 Å². The van der Waals surface area contributed by atoms with Crippen LogP contribution in [-0.4, -0.2) is 35.6 Å². The Hall–Kier alpha value is -0.930. The van der Waals surface area contributed by atoms with E-state index in [4.69, 9.17) is 5.73 Å². The summed E-state index contributed by atoms with van der Waals surface area (Å²) < 4.78 is 0. The second-order valence-corrected chi connectivity index (χ2v) is 7.28. The number of nitrogens with zero attached hydrogens (tertiary/aromatic N) is 2. The number of rotatable bonds is 5. The van der Waals surface area contributed by atoms with Crippen LogP contribution in [0.3, 0.4) is 0 Å². The highest BCUT2D eigenvalue weighted by molar-refractivity contribution is 5.11. The van der Waals surface area contributed by atoms with Gasteiger partial charge in [0.15, 0.2) is 0 Å². The van der Waals surface area contributed by atoms with E-state index in [0.717, 1.165) is 19.5 Å². The Morgan fingerprint density at radius 3 is 2.50 bits per heavy atom. The van der Waals surface area contributed by atoms with Gasteiger partial charge in [-0.05, 0) is 55.3 Å². The summed E-state index contributed by atoms with van der Waals surface area (Å²) in [5.41, 5.74) is 8.12. The second-order valence-electron chi connectivity index (χ2n) is 7.28. The first kappa shape index (κ1) is 15.5. The molecule has 0 aliphatic heterocycles. The molecular weight excluding hydrogens is 246 g/mol. The van der Waals surface area contributed by atoms with Crippen LogP contribution in [0.1, 0.15) is 39.2 Å². The maximum absolute atomic E-state index is 6.20. The smallest absolute Gasteiger partial charge is 0.0359 e. The minimum atomic E-state index is 0.163. The quantitative estimate of drug-likeness (QED) is 0.898. The lowest BCUT2D eigenvalue weighted by molar-refractivity contribution is 0.0870. The standard InChI is InChI=1S/C17H29N3/c1-14-11-16(2,3)12-17(14,13-18)20(4)10-7-15-5-8-19-9-6-15/h5-6,8-9,14H,7,10-13,18H2,1-4H3. The summed E-state index contributed by atoms with van der Waals surface area (Å²) in [5.74, 6) is 0.657. The molecule has 2 atom stereocenters. The van der Waals surface area contributed by atoms with Gasteiger partial charge in [0.2, 0.25) is 0 Å². The molecule has 2 rings (SSSR count). The predicted molar refractivity (Wildman–Crippen MR) is 84.5 cm³/mol. The highest BCUT2D eigenvalue weighted by Crippen LogP contribution is 2.49. The summed E-state index contributed by atoms with van der Waals surface area (Å²) in [6, 6.07) is 4.20. The fourth-order valence-electron chi connectivity index (χ4n) is 4.10. The van der Waals surface area contributed by atoms with E-state index in [2.05, 4.69) is 49.8 Å². The predicted octanol–water partition coefficient (Wildman–Crippen LogP) is 2.71. The Balaban J connectivity index is 2.04. The molecule has 1 aliphatic carbocycles. The Morgan fingerprint density at radius 2 is 2.00 bits per heavy atom. The van der Waals surface area contributed by atoms with Gasteiger partial charge in [-0.1, -0.05) is 20.8 Å². The van der Waals surface area contributed by atoms with Crippen molar-refractivity contribution in [1.29, 1.82) is 0 Å². The monoisotopic (exact) mass is 275 g/mol. The van der Waals surface area contributed by atoms with Crippen LogP contribution in [0.5, 0.6) is 0 Å². The lowest BCUT2D eigenvalue weighted by Gasteiger charge is -2.42. The molecule has 0 spiro atoms. The van der Waals surface area contributed by atoms with Crippen LogP contribution < -0.4 is 5.73 Å². The molecule has 0 radical (unpaired) electrons. The van der Waals surface area contributed by atoms with Gasteiger partial charge >= 0.3 is 0 Å². The van der Waals surface area contributed by atoms with Gasteiger partial charge in [-0.25, -0.2) is 0 Å². The van der Waals surface area contributed by atoms with Crippen molar-refractivity contribution in [2.24, 2.45) is 17.1 Å². The number of aromatic nitrogens is 1. The van der Waals surface area contributed by atoms with E-state index >= 15 is 0 Å². The van der Waals surface area contributed by atoms with Crippen LogP contribution in [0, 0.1) is 11.3 Å². The van der Waals surface area contributed by atoms with E-state index in [1.54, 1.807) is 0 Å². The number of pyridine rings is 1. The summed E-state index contributed by atoms with van der Waals surface area (Å²) in [5, 5.41) is 0. The molecular formula is C17H29N3. The zero-order valence-electron chi connectivity index (χ0n) is 13.4. The van der Waals surface area contributed by atoms with Crippen LogP contribution in [0.2, 0.25) is 0 Å². The summed E-state index contributed by atoms with van der Waals surface area (Å²) in [6.07, 6.45) is 7.27. The molecule has 1 aromatic rings. The molecule has 20 heavy (non-hydrogen) atoms. The maximum Gasteiger partial charge on any atom is 0.0359 e. The lowest BCUT2D eigenvalue weighted by Crippen LogP contribution is -2.54. The van der Waals surface area contributed by atoms with Gasteiger partial charge in [0.1, 0.15) is 0 Å². The third-order valence-corrected chi connectivity index (χ3v) is 5.16. The molecule has 0 saturated heterocycles. The molecule has 0 amide bonds. The highest BCUT2D eigenvalue weighted by atomic mass is 15.2. The van der Waals surface area contributed by atoms with Crippen LogP contribution in [0.15, 0.2) is 24.5 Å². The third-order valence-electron chi connectivity index (χ3n) is 5.16. The molecule has 0 aromatic carbocycles. The Kier molecular flexibility index (Phi) is 4.50. The summed E-state index contributed by atoms with van der Waals surface area (Å²) in [4.78, 5) is 6.58. The molecule has 2 N–H and O–H groups in total. The van der Waals surface area contributed by atoms with E-state index < -0.39 is 0 Å². The molecule has 0 bridgehead atoms. The summed E-state index contributed by atoms with van der Waals surface area (Å²) >= 11 is 0. The van der Waals surface area contributed by atoms with Crippen molar-refractivity contribution in [3.63, 3.8) is 0 Å². The molecule has 1 heterocycles. The average Bonchev–Trinajstić information content (AvgIpc) is 2.67. The second kappa shape index (κ2) is 5.82. The van der Waals surface area contributed by atoms with E-state index in [1.165, 1.54) is 18.4 Å². The van der Waals surface area contributed by atoms with E-state index in [0.29, 0.717) is 11.3 Å². The van der Waals surface area contributed by atoms with Gasteiger partial charge in [0.05, 0.1) is 0 Å². The van der Waals surface area contributed by atoms with Gasteiger partial charge < -0.3 is 5.73 Å². The van der Waals surface area contributed by atoms with Crippen molar-refractivity contribution in [2.75, 3.05) is 20.1 Å². The number of hydrogen-bond donors (Lipinski definition) is 1. The first-order valence-electron chi connectivity index (χ1n) is 7.70. The van der Waals surface area contributed by atoms with Crippen LogP contribution in [0.25, 0.3) is 0 Å². The Bertz CT molecular complexity index is 429. The molecule has 1 fully saturated rings. The average molecular weight is 275 g/mol. The van der Waals surface area contributed by atoms with Gasteiger partial charge in [0.25, 0.3) is 0 Å². The zero-order valence-corrected chi connectivity index (χ0v) is 13.4. The van der Waals surface area contributed by atoms with Crippen molar-refractivity contribution in [1.82, 2.24) is 9.88 Å². The molecule has 112 valence electrons. The zero-order chi connectivity index (χ0) is 14.8. The normalized spacial score (nSPS) is 29.0. The maximum atomic E-state index is 6.20. The summed E-state index contributed by atoms with van der Waals surface area (Å²) in [7, 11) is 2.24. The topological polar surface area (TPSA) is 42.1 Å². The van der Waals surface area contributed by atoms with Crippen molar-refractivity contribution >= 4 is 0 Å². The fourth-order valence-corrected chi connectivity index (χ4v) is 4.10. The van der Waals surface area contributed by atoms with Crippen molar-refractivity contribution in [2.45, 2.75) is 45.6 Å². The Labute approximate surface area is 123 Å². The number of nitrogens with two attached hydrogens (primary N) is 1. The van der Waals surface area contributed by atoms with Crippen molar-refractivity contribution in [3.8, 4) is 0 Å². The largest absolute Gasteiger partial charge is 0.329 e. The van der Waals surface area contributed by atoms with Gasteiger partial charge in [-0.15, -0.1) is 0 Å². The Morgan fingerprint density at radius 1 is 1.35 bits per heavy atom. The molecule has 1 saturated carbocycles. The number of likely N-dealkylation sites (N-methyl/N-ethyl adjacent to an activating group) is 1. The number of hydrogen-bond acceptors (Lipinski definition) is 3.